The van der Waals surface area contributed by atoms with Gasteiger partial charge in [-0.25, -0.2) is 4.79 Å². The van der Waals surface area contributed by atoms with Crippen molar-refractivity contribution < 1.29 is 33.7 Å². The number of thiocarbonyl (C=S) groups is 1. The summed E-state index contributed by atoms with van der Waals surface area (Å²) in [6.07, 6.45) is 0.325. The fourth-order valence-electron chi connectivity index (χ4n) is 3.14. The van der Waals surface area contributed by atoms with E-state index in [9.17, 15) is 14.4 Å². The van der Waals surface area contributed by atoms with Crippen molar-refractivity contribution >= 4 is 46.9 Å². The summed E-state index contributed by atoms with van der Waals surface area (Å²) < 4.78 is 16.4. The van der Waals surface area contributed by atoms with Crippen LogP contribution in [0.4, 0.5) is 5.69 Å². The molecule has 9 nitrogen and oxygen atoms in total. The largest absolute Gasteiger partial charge is 0.494 e. The summed E-state index contributed by atoms with van der Waals surface area (Å²) in [6.45, 7) is 5.84. The molecule has 1 aliphatic rings. The first-order valence-corrected chi connectivity index (χ1v) is 11.0. The summed E-state index contributed by atoms with van der Waals surface area (Å²) in [5.74, 6) is -1.18. The number of amides is 2. The topological polar surface area (TPSA) is 114 Å². The van der Waals surface area contributed by atoms with Crippen molar-refractivity contribution in [2.24, 2.45) is 0 Å². The fourth-order valence-corrected chi connectivity index (χ4v) is 3.42. The van der Waals surface area contributed by atoms with Crippen LogP contribution in [0, 0.1) is 0 Å². The lowest BCUT2D eigenvalue weighted by Crippen LogP contribution is -2.54. The molecule has 0 unspecified atom stereocenters. The number of benzene rings is 2. The summed E-state index contributed by atoms with van der Waals surface area (Å²) in [5, 5.41) is 11.6. The van der Waals surface area contributed by atoms with Crippen molar-refractivity contribution in [1.82, 2.24) is 5.32 Å². The molecule has 1 aliphatic heterocycles. The second-order valence-electron chi connectivity index (χ2n) is 7.12. The van der Waals surface area contributed by atoms with Crippen molar-refractivity contribution in [3.8, 4) is 17.2 Å². The Bertz CT molecular complexity index is 1140. The highest BCUT2D eigenvalue weighted by molar-refractivity contribution is 7.80. The van der Waals surface area contributed by atoms with Crippen LogP contribution in [0.3, 0.4) is 0 Å². The van der Waals surface area contributed by atoms with Crippen LogP contribution in [0.25, 0.3) is 6.08 Å². The smallest absolute Gasteiger partial charge is 0.344 e. The lowest BCUT2D eigenvalue weighted by atomic mass is 10.1. The maximum atomic E-state index is 13.2. The van der Waals surface area contributed by atoms with E-state index in [0.717, 1.165) is 0 Å². The van der Waals surface area contributed by atoms with Gasteiger partial charge in [-0.1, -0.05) is 6.07 Å². The van der Waals surface area contributed by atoms with Crippen LogP contribution in [0.1, 0.15) is 26.3 Å². The normalized spacial score (nSPS) is 15.7. The van der Waals surface area contributed by atoms with Gasteiger partial charge in [0.15, 0.2) is 22.7 Å². The second kappa shape index (κ2) is 10.8. The number of carbonyl (C=O) groups excluding carboxylic acids is 2. The molecule has 1 heterocycles. The van der Waals surface area contributed by atoms with Gasteiger partial charge in [-0.05, 0) is 81.0 Å². The van der Waals surface area contributed by atoms with Gasteiger partial charge < -0.3 is 19.3 Å². The van der Waals surface area contributed by atoms with Gasteiger partial charge in [-0.3, -0.25) is 19.8 Å². The lowest BCUT2D eigenvalue weighted by molar-refractivity contribution is -0.144. The minimum Gasteiger partial charge on any atom is -0.494 e. The van der Waals surface area contributed by atoms with Crippen molar-refractivity contribution in [3.63, 3.8) is 0 Å². The molecule has 2 N–H and O–H groups in total. The fraction of sp³-hybridized carbons (Fsp3) is 0.250. The molecule has 1 saturated heterocycles. The van der Waals surface area contributed by atoms with Gasteiger partial charge in [0.05, 0.1) is 18.9 Å². The van der Waals surface area contributed by atoms with Crippen LogP contribution in [0.5, 0.6) is 17.2 Å². The highest BCUT2D eigenvalue weighted by Crippen LogP contribution is 2.31. The van der Waals surface area contributed by atoms with Gasteiger partial charge in [0, 0.05) is 0 Å². The number of nitrogens with one attached hydrogen (secondary N) is 1. The summed E-state index contributed by atoms with van der Waals surface area (Å²) >= 11 is 5.23. The Morgan fingerprint density at radius 3 is 2.38 bits per heavy atom. The SMILES string of the molecule is CCOc1ccc(N2C(=O)/C(=C/c3ccc(O[C@H](C)C(=O)O)c(OCC)c3)C(=O)NC2=S)cc1. The van der Waals surface area contributed by atoms with Crippen LogP contribution < -0.4 is 24.4 Å². The number of hydrogen-bond donors (Lipinski definition) is 2. The van der Waals surface area contributed by atoms with Crippen LogP contribution in [-0.2, 0) is 14.4 Å². The molecule has 2 aromatic carbocycles. The number of aliphatic carboxylic acids is 1. The molecule has 1 fully saturated rings. The van der Waals surface area contributed by atoms with E-state index >= 15 is 0 Å². The number of ether oxygens (including phenoxy) is 3. The summed E-state index contributed by atoms with van der Waals surface area (Å²) in [5.41, 5.74) is 0.833. The van der Waals surface area contributed by atoms with Crippen molar-refractivity contribution in [2.45, 2.75) is 26.9 Å². The zero-order chi connectivity index (χ0) is 24.8. The number of nitrogens with zero attached hydrogens (tertiary/aromatic N) is 1. The molecule has 2 amide bonds. The van der Waals surface area contributed by atoms with E-state index < -0.39 is 23.9 Å². The number of carboxylic acids is 1. The molecule has 2 aromatic rings. The first-order valence-electron chi connectivity index (χ1n) is 10.6. The van der Waals surface area contributed by atoms with Crippen LogP contribution in [-0.4, -0.2) is 47.3 Å². The highest BCUT2D eigenvalue weighted by Gasteiger charge is 2.34. The van der Waals surface area contributed by atoms with E-state index in [1.54, 1.807) is 43.3 Å². The summed E-state index contributed by atoms with van der Waals surface area (Å²) in [7, 11) is 0. The summed E-state index contributed by atoms with van der Waals surface area (Å²) in [6, 6.07) is 11.4. The maximum absolute atomic E-state index is 13.2. The Labute approximate surface area is 201 Å². The van der Waals surface area contributed by atoms with E-state index in [4.69, 9.17) is 31.5 Å². The second-order valence-corrected chi connectivity index (χ2v) is 7.51. The van der Waals surface area contributed by atoms with Crippen LogP contribution in [0.2, 0.25) is 0 Å². The quantitative estimate of drug-likeness (QED) is 0.317. The molecule has 0 aliphatic carbocycles. The molecule has 0 saturated carbocycles. The molecule has 0 spiro atoms. The van der Waals surface area contributed by atoms with E-state index in [2.05, 4.69) is 5.32 Å². The van der Waals surface area contributed by atoms with Gasteiger partial charge in [0.2, 0.25) is 0 Å². The number of anilines is 1. The minimum absolute atomic E-state index is 0.0299. The Balaban J connectivity index is 1.93. The average molecular weight is 485 g/mol. The van der Waals surface area contributed by atoms with Crippen LogP contribution >= 0.6 is 12.2 Å². The van der Waals surface area contributed by atoms with Gasteiger partial charge in [-0.15, -0.1) is 0 Å². The first kappa shape index (κ1) is 24.7. The predicted molar refractivity (Wildman–Crippen MR) is 129 cm³/mol. The molecule has 0 radical (unpaired) electrons. The van der Waals surface area contributed by atoms with Crippen LogP contribution in [0.15, 0.2) is 48.0 Å². The van der Waals surface area contributed by atoms with E-state index in [1.165, 1.54) is 24.0 Å². The van der Waals surface area contributed by atoms with E-state index in [1.807, 2.05) is 6.92 Å². The molecular formula is C24H24N2O7S. The molecule has 178 valence electrons. The number of carboxylic acid groups (broad SMARTS) is 1. The Morgan fingerprint density at radius 2 is 1.76 bits per heavy atom. The Kier molecular flexibility index (Phi) is 7.85. The number of carbonyl (C=O) groups is 3. The van der Waals surface area contributed by atoms with Gasteiger partial charge in [0.25, 0.3) is 11.8 Å². The molecule has 34 heavy (non-hydrogen) atoms. The highest BCUT2D eigenvalue weighted by atomic mass is 32.1. The third-order valence-electron chi connectivity index (χ3n) is 4.74. The molecule has 3 rings (SSSR count). The Hall–Kier alpha value is -3.92. The third-order valence-corrected chi connectivity index (χ3v) is 5.02. The summed E-state index contributed by atoms with van der Waals surface area (Å²) in [4.78, 5) is 38.1. The van der Waals surface area contributed by atoms with Crippen molar-refractivity contribution in [3.05, 3.63) is 53.6 Å². The lowest BCUT2D eigenvalue weighted by Gasteiger charge is -2.29. The third kappa shape index (κ3) is 5.52. The Morgan fingerprint density at radius 1 is 1.09 bits per heavy atom. The molecule has 10 heteroatoms. The first-order chi connectivity index (χ1) is 16.2. The van der Waals surface area contributed by atoms with Gasteiger partial charge in [-0.2, -0.15) is 0 Å². The zero-order valence-corrected chi connectivity index (χ0v) is 19.7. The van der Waals surface area contributed by atoms with Crippen molar-refractivity contribution in [1.29, 1.82) is 0 Å². The predicted octanol–water partition coefficient (Wildman–Crippen LogP) is 3.17. The minimum atomic E-state index is -1.12. The zero-order valence-electron chi connectivity index (χ0n) is 18.9. The van der Waals surface area contributed by atoms with E-state index in [-0.39, 0.29) is 22.2 Å². The van der Waals surface area contributed by atoms with Gasteiger partial charge >= 0.3 is 5.97 Å². The maximum Gasteiger partial charge on any atom is 0.344 e. The molecule has 0 aromatic heterocycles. The number of rotatable bonds is 9. The molecule has 0 bridgehead atoms. The molecule has 1 atom stereocenters. The average Bonchev–Trinajstić information content (AvgIpc) is 2.79. The molecular weight excluding hydrogens is 460 g/mol. The number of hydrogen-bond acceptors (Lipinski definition) is 7. The van der Waals surface area contributed by atoms with Gasteiger partial charge in [0.1, 0.15) is 11.3 Å². The standard InChI is InChI=1S/C24H24N2O7S/c1-4-31-17-9-7-16(8-10-17)26-22(28)18(21(27)25-24(26)34)12-15-6-11-19(20(13-15)32-5-2)33-14(3)23(29)30/h6-14H,4-5H2,1-3H3,(H,29,30)(H,25,27,34)/b18-12+/t14-/m1/s1. The monoisotopic (exact) mass is 484 g/mol. The van der Waals surface area contributed by atoms with E-state index in [0.29, 0.717) is 30.2 Å². The van der Waals surface area contributed by atoms with Crippen molar-refractivity contribution in [2.75, 3.05) is 18.1 Å².